The Kier molecular flexibility index (Phi) is 7.11. The third-order valence-electron chi connectivity index (χ3n) is 5.25. The first-order valence-electron chi connectivity index (χ1n) is 10.3. The van der Waals surface area contributed by atoms with E-state index in [2.05, 4.69) is 107 Å². The van der Waals surface area contributed by atoms with E-state index in [1.807, 2.05) is 4.61 Å². The van der Waals surface area contributed by atoms with Crippen molar-refractivity contribution < 1.29 is 11.9 Å². The number of benzene rings is 2. The molecule has 0 radical (unpaired) electrons. The molecule has 0 aliphatic rings. The summed E-state index contributed by atoms with van der Waals surface area (Å²) in [4.78, 5) is 0. The van der Waals surface area contributed by atoms with Crippen LogP contribution < -0.4 is 0 Å². The molecular weight excluding hydrogens is 512 g/mol. The third kappa shape index (κ3) is 4.95. The van der Waals surface area contributed by atoms with Gasteiger partial charge in [-0.25, -0.2) is 0 Å². The SMILES string of the molecule is CC(C)=C[CH]=[Ru]([Cl])([Cl])=[c]1n(-c2c(C)cc(C)cc2C)ccn1-c1c(C)cc(C)cc1C. The predicted octanol–water partition coefficient (Wildman–Crippen LogP) is 7.88. The predicted molar refractivity (Wildman–Crippen MR) is 134 cm³/mol. The normalized spacial score (nSPS) is 12.1. The molecule has 168 valence electrons. The Morgan fingerprint density at radius 3 is 1.39 bits per heavy atom. The van der Waals surface area contributed by atoms with Crippen molar-refractivity contribution in [2.45, 2.75) is 55.4 Å². The van der Waals surface area contributed by atoms with Crippen LogP contribution in [0, 0.1) is 45.6 Å². The van der Waals surface area contributed by atoms with Crippen LogP contribution in [0.2, 0.25) is 0 Å². The Morgan fingerprint density at radius 2 is 1.06 bits per heavy atom. The second kappa shape index (κ2) is 9.14. The molecule has 1 heterocycles. The zero-order chi connectivity index (χ0) is 23.1. The molecule has 31 heavy (non-hydrogen) atoms. The van der Waals surface area contributed by atoms with Gasteiger partial charge in [0.1, 0.15) is 0 Å². The van der Waals surface area contributed by atoms with Crippen molar-refractivity contribution in [3.63, 3.8) is 0 Å². The molecule has 0 N–H and O–H groups in total. The molecule has 0 aliphatic carbocycles. The molecule has 0 spiro atoms. The summed E-state index contributed by atoms with van der Waals surface area (Å²) in [6.45, 7) is 17.0. The first-order valence-corrected chi connectivity index (χ1v) is 16.7. The number of aryl methyl sites for hydroxylation is 6. The van der Waals surface area contributed by atoms with Gasteiger partial charge < -0.3 is 0 Å². The van der Waals surface area contributed by atoms with E-state index in [1.165, 1.54) is 39.0 Å². The van der Waals surface area contributed by atoms with Crippen LogP contribution in [0.15, 0.2) is 48.3 Å². The van der Waals surface area contributed by atoms with Gasteiger partial charge in [0.25, 0.3) is 0 Å². The maximum absolute atomic E-state index is 7.22. The van der Waals surface area contributed by atoms with Crippen LogP contribution in [0.5, 0.6) is 0 Å². The van der Waals surface area contributed by atoms with E-state index in [1.54, 1.807) is 0 Å². The fourth-order valence-corrected chi connectivity index (χ4v) is 9.29. The van der Waals surface area contributed by atoms with Gasteiger partial charge in [0.2, 0.25) is 0 Å². The van der Waals surface area contributed by atoms with Crippen LogP contribution >= 0.6 is 19.4 Å². The minimum atomic E-state index is -3.39. The van der Waals surface area contributed by atoms with Gasteiger partial charge in [-0.1, -0.05) is 0 Å². The fourth-order valence-electron chi connectivity index (χ4n) is 4.27. The summed E-state index contributed by atoms with van der Waals surface area (Å²) in [6.07, 6.45) is 6.27. The molecule has 0 saturated heterocycles. The molecule has 2 nitrogen and oxygen atoms in total. The molecule has 3 aromatic rings. The average molecular weight is 545 g/mol. The number of hydrogen-bond acceptors (Lipinski definition) is 0. The van der Waals surface area contributed by atoms with Crippen molar-refractivity contribution in [2.75, 3.05) is 0 Å². The van der Waals surface area contributed by atoms with Crippen molar-refractivity contribution in [3.05, 3.63) is 85.7 Å². The molecule has 0 atom stereocenters. The Hall–Kier alpha value is -1.54. The first-order chi connectivity index (χ1) is 14.4. The molecule has 0 amide bonds. The van der Waals surface area contributed by atoms with Crippen molar-refractivity contribution >= 4 is 24.0 Å². The zero-order valence-electron chi connectivity index (χ0n) is 19.6. The van der Waals surface area contributed by atoms with Crippen molar-refractivity contribution in [2.24, 2.45) is 0 Å². The number of halogens is 2. The van der Waals surface area contributed by atoms with Crippen LogP contribution in [0.3, 0.4) is 0 Å². The zero-order valence-corrected chi connectivity index (χ0v) is 22.9. The molecule has 3 rings (SSSR count). The number of imidazole rings is 1. The molecule has 0 saturated carbocycles. The molecule has 0 bridgehead atoms. The molecule has 2 aromatic carbocycles. The van der Waals surface area contributed by atoms with E-state index in [9.17, 15) is 0 Å². The van der Waals surface area contributed by atoms with Crippen LogP contribution in [0.1, 0.15) is 47.2 Å². The van der Waals surface area contributed by atoms with Crippen LogP contribution in [0.4, 0.5) is 0 Å². The van der Waals surface area contributed by atoms with Gasteiger partial charge in [-0.05, 0) is 0 Å². The first kappa shape index (κ1) is 24.1. The monoisotopic (exact) mass is 544 g/mol. The van der Waals surface area contributed by atoms with Crippen molar-refractivity contribution in [1.29, 1.82) is 0 Å². The van der Waals surface area contributed by atoms with E-state index in [-0.39, 0.29) is 0 Å². The average Bonchev–Trinajstić information content (AvgIpc) is 3.03. The molecule has 0 aliphatic heterocycles. The molecule has 0 fully saturated rings. The van der Waals surface area contributed by atoms with Gasteiger partial charge in [-0.3, -0.25) is 0 Å². The maximum atomic E-state index is 7.22. The summed E-state index contributed by atoms with van der Waals surface area (Å²) in [7, 11) is 14.4. The second-order valence-corrected chi connectivity index (χ2v) is 17.9. The quantitative estimate of drug-likeness (QED) is 0.297. The summed E-state index contributed by atoms with van der Waals surface area (Å²) >= 11 is -3.39. The van der Waals surface area contributed by atoms with E-state index in [0.29, 0.717) is 0 Å². The Bertz CT molecular complexity index is 1220. The van der Waals surface area contributed by atoms with Gasteiger partial charge in [0.05, 0.1) is 0 Å². The topological polar surface area (TPSA) is 9.86 Å². The van der Waals surface area contributed by atoms with Crippen LogP contribution in [0.25, 0.3) is 11.4 Å². The van der Waals surface area contributed by atoms with Crippen LogP contribution in [-0.2, 0) is 11.9 Å². The van der Waals surface area contributed by atoms with Crippen LogP contribution in [-0.4, -0.2) is 13.7 Å². The standard InChI is InChI=1S/C21H24N2.C5H8.2ClH.Ru/c1-14-9-16(3)20(17(4)10-14)22-7-8-23(13-22)21-18(5)11-15(2)12-19(21)6;1-4-5(2)3;;;/h7-12H,1-6H3;1,4H,2-3H3;2*1H;/q;;;;+2/p-2. The van der Waals surface area contributed by atoms with Crippen molar-refractivity contribution in [1.82, 2.24) is 9.13 Å². The molecule has 0 unspecified atom stereocenters. The summed E-state index contributed by atoms with van der Waals surface area (Å²) in [5, 5.41) is 0. The number of aromatic nitrogens is 2. The molecular formula is C26H32Cl2N2Ru. The van der Waals surface area contributed by atoms with E-state index in [0.717, 1.165) is 15.4 Å². The van der Waals surface area contributed by atoms with Crippen molar-refractivity contribution in [3.8, 4) is 11.4 Å². The second-order valence-electron chi connectivity index (χ2n) is 8.59. The van der Waals surface area contributed by atoms with Gasteiger partial charge in [0, 0.05) is 0 Å². The van der Waals surface area contributed by atoms with Gasteiger partial charge in [-0.15, -0.1) is 0 Å². The molecule has 1 aromatic heterocycles. The Labute approximate surface area is 196 Å². The van der Waals surface area contributed by atoms with E-state index >= 15 is 0 Å². The Balaban J connectivity index is 2.58. The third-order valence-corrected chi connectivity index (χ3v) is 10.6. The summed E-state index contributed by atoms with van der Waals surface area (Å²) in [5.74, 6) is 0. The number of nitrogens with zero attached hydrogens (tertiary/aromatic N) is 2. The fraction of sp³-hybridized carbons (Fsp3) is 0.308. The van der Waals surface area contributed by atoms with Gasteiger partial charge in [0.15, 0.2) is 0 Å². The summed E-state index contributed by atoms with van der Waals surface area (Å²) in [5.41, 5.74) is 10.8. The molecule has 5 heteroatoms. The Morgan fingerprint density at radius 1 is 0.710 bits per heavy atom. The number of rotatable bonds is 3. The summed E-state index contributed by atoms with van der Waals surface area (Å²) in [6, 6.07) is 8.86. The number of hydrogen-bond donors (Lipinski definition) is 0. The van der Waals surface area contributed by atoms with Gasteiger partial charge >= 0.3 is 197 Å². The van der Waals surface area contributed by atoms with E-state index in [4.69, 9.17) is 19.4 Å². The van der Waals surface area contributed by atoms with Gasteiger partial charge in [-0.2, -0.15) is 0 Å². The number of allylic oxidation sites excluding steroid dienone is 2. The van der Waals surface area contributed by atoms with E-state index < -0.39 is 11.9 Å². The minimum absolute atomic E-state index is 0.960. The summed E-state index contributed by atoms with van der Waals surface area (Å²) < 4.78 is 7.42.